The summed E-state index contributed by atoms with van der Waals surface area (Å²) < 4.78 is 5.50. The van der Waals surface area contributed by atoms with E-state index < -0.39 is 0 Å². The van der Waals surface area contributed by atoms with Gasteiger partial charge in [-0.3, -0.25) is 4.79 Å². The standard InChI is InChI=1S/C16H24N2O2/c1-2-20-12-14-7-4-3-6-13(14)11-18-15-8-5-9-17-16(19)10-15/h3-4,6-7,15,18H,2,5,8-12H2,1H3,(H,17,19). The van der Waals surface area contributed by atoms with Crippen molar-refractivity contribution in [2.75, 3.05) is 13.2 Å². The number of nitrogens with one attached hydrogen (secondary N) is 2. The first-order valence-corrected chi connectivity index (χ1v) is 7.44. The SMILES string of the molecule is CCOCc1ccccc1CNC1CCCNC(=O)C1. The molecule has 4 nitrogen and oxygen atoms in total. The minimum Gasteiger partial charge on any atom is -0.377 e. The van der Waals surface area contributed by atoms with Crippen molar-refractivity contribution in [3.05, 3.63) is 35.4 Å². The van der Waals surface area contributed by atoms with Gasteiger partial charge in [0.2, 0.25) is 5.91 Å². The van der Waals surface area contributed by atoms with E-state index in [1.54, 1.807) is 0 Å². The molecule has 1 heterocycles. The Morgan fingerprint density at radius 3 is 2.95 bits per heavy atom. The maximum atomic E-state index is 11.5. The van der Waals surface area contributed by atoms with Crippen LogP contribution in [-0.2, 0) is 22.7 Å². The molecule has 2 N–H and O–H groups in total. The Hall–Kier alpha value is -1.39. The highest BCUT2D eigenvalue weighted by molar-refractivity contribution is 5.76. The zero-order valence-corrected chi connectivity index (χ0v) is 12.2. The lowest BCUT2D eigenvalue weighted by molar-refractivity contribution is -0.121. The summed E-state index contributed by atoms with van der Waals surface area (Å²) in [6.45, 7) is 4.98. The fourth-order valence-corrected chi connectivity index (χ4v) is 2.49. The summed E-state index contributed by atoms with van der Waals surface area (Å²) in [6.07, 6.45) is 2.67. The van der Waals surface area contributed by atoms with Crippen LogP contribution in [0.3, 0.4) is 0 Å². The molecule has 1 fully saturated rings. The average molecular weight is 276 g/mol. The maximum absolute atomic E-state index is 11.5. The summed E-state index contributed by atoms with van der Waals surface area (Å²) in [5, 5.41) is 6.42. The van der Waals surface area contributed by atoms with Crippen LogP contribution in [-0.4, -0.2) is 25.1 Å². The molecule has 1 atom stereocenters. The monoisotopic (exact) mass is 276 g/mol. The maximum Gasteiger partial charge on any atom is 0.221 e. The fourth-order valence-electron chi connectivity index (χ4n) is 2.49. The van der Waals surface area contributed by atoms with Gasteiger partial charge in [0, 0.05) is 32.2 Å². The summed E-state index contributed by atoms with van der Waals surface area (Å²) in [7, 11) is 0. The average Bonchev–Trinajstić information content (AvgIpc) is 2.68. The number of carbonyl (C=O) groups is 1. The second-order valence-corrected chi connectivity index (χ2v) is 5.18. The second-order valence-electron chi connectivity index (χ2n) is 5.18. The summed E-state index contributed by atoms with van der Waals surface area (Å²) >= 11 is 0. The first kappa shape index (κ1) is 15.0. The quantitative estimate of drug-likeness (QED) is 0.835. The van der Waals surface area contributed by atoms with Crippen LogP contribution in [0.2, 0.25) is 0 Å². The van der Waals surface area contributed by atoms with E-state index in [0.29, 0.717) is 13.0 Å². The molecule has 2 rings (SSSR count). The van der Waals surface area contributed by atoms with Crippen LogP contribution in [0.15, 0.2) is 24.3 Å². The first-order valence-electron chi connectivity index (χ1n) is 7.44. The van der Waals surface area contributed by atoms with Crippen molar-refractivity contribution in [2.24, 2.45) is 0 Å². The van der Waals surface area contributed by atoms with E-state index >= 15 is 0 Å². The third-order valence-corrected chi connectivity index (χ3v) is 3.64. The molecule has 0 bridgehead atoms. The summed E-state index contributed by atoms with van der Waals surface area (Å²) in [6, 6.07) is 8.59. The van der Waals surface area contributed by atoms with Crippen LogP contribution in [0.4, 0.5) is 0 Å². The molecule has 1 aliphatic heterocycles. The summed E-state index contributed by atoms with van der Waals surface area (Å²) in [4.78, 5) is 11.5. The van der Waals surface area contributed by atoms with E-state index in [2.05, 4.69) is 22.8 Å². The van der Waals surface area contributed by atoms with Crippen molar-refractivity contribution in [1.29, 1.82) is 0 Å². The molecule has 0 radical (unpaired) electrons. The number of carbonyl (C=O) groups excluding carboxylic acids is 1. The molecule has 1 amide bonds. The van der Waals surface area contributed by atoms with E-state index in [1.165, 1.54) is 11.1 Å². The highest BCUT2D eigenvalue weighted by Crippen LogP contribution is 2.12. The molecule has 110 valence electrons. The molecular formula is C16H24N2O2. The van der Waals surface area contributed by atoms with Crippen molar-refractivity contribution >= 4 is 5.91 Å². The van der Waals surface area contributed by atoms with Gasteiger partial charge in [0.1, 0.15) is 0 Å². The number of benzene rings is 1. The minimum absolute atomic E-state index is 0.155. The van der Waals surface area contributed by atoms with Crippen LogP contribution < -0.4 is 10.6 Å². The van der Waals surface area contributed by atoms with Crippen molar-refractivity contribution in [3.63, 3.8) is 0 Å². The van der Waals surface area contributed by atoms with Gasteiger partial charge in [-0.1, -0.05) is 24.3 Å². The van der Waals surface area contributed by atoms with E-state index in [-0.39, 0.29) is 11.9 Å². The van der Waals surface area contributed by atoms with Gasteiger partial charge in [-0.25, -0.2) is 0 Å². The number of rotatable bonds is 6. The zero-order chi connectivity index (χ0) is 14.2. The molecule has 1 aromatic carbocycles. The molecule has 1 aliphatic rings. The van der Waals surface area contributed by atoms with Crippen LogP contribution in [0.1, 0.15) is 37.3 Å². The molecule has 0 saturated carbocycles. The van der Waals surface area contributed by atoms with Gasteiger partial charge in [0.15, 0.2) is 0 Å². The van der Waals surface area contributed by atoms with Crippen molar-refractivity contribution < 1.29 is 9.53 Å². The molecule has 1 aromatic rings. The second kappa shape index (κ2) is 8.02. The molecule has 0 spiro atoms. The van der Waals surface area contributed by atoms with Gasteiger partial charge in [-0.05, 0) is 30.9 Å². The molecule has 0 aliphatic carbocycles. The van der Waals surface area contributed by atoms with E-state index in [4.69, 9.17) is 4.74 Å². The Morgan fingerprint density at radius 1 is 1.35 bits per heavy atom. The van der Waals surface area contributed by atoms with Gasteiger partial charge < -0.3 is 15.4 Å². The predicted molar refractivity (Wildman–Crippen MR) is 79.3 cm³/mol. The van der Waals surface area contributed by atoms with E-state index in [0.717, 1.165) is 32.5 Å². The predicted octanol–water partition coefficient (Wildman–Crippen LogP) is 1.98. The lowest BCUT2D eigenvalue weighted by Gasteiger charge is -2.17. The van der Waals surface area contributed by atoms with Gasteiger partial charge >= 0.3 is 0 Å². The van der Waals surface area contributed by atoms with Gasteiger partial charge in [0.05, 0.1) is 6.61 Å². The van der Waals surface area contributed by atoms with Gasteiger partial charge in [0.25, 0.3) is 0 Å². The third kappa shape index (κ3) is 4.62. The van der Waals surface area contributed by atoms with E-state index in [1.807, 2.05) is 19.1 Å². The number of hydrogen-bond donors (Lipinski definition) is 2. The Morgan fingerprint density at radius 2 is 2.15 bits per heavy atom. The van der Waals surface area contributed by atoms with Gasteiger partial charge in [-0.15, -0.1) is 0 Å². The van der Waals surface area contributed by atoms with Crippen LogP contribution in [0, 0.1) is 0 Å². The Bertz CT molecular complexity index is 434. The van der Waals surface area contributed by atoms with Crippen LogP contribution >= 0.6 is 0 Å². The number of hydrogen-bond acceptors (Lipinski definition) is 3. The third-order valence-electron chi connectivity index (χ3n) is 3.64. The largest absolute Gasteiger partial charge is 0.377 e. The zero-order valence-electron chi connectivity index (χ0n) is 12.2. The topological polar surface area (TPSA) is 50.4 Å². The molecular weight excluding hydrogens is 252 g/mol. The lowest BCUT2D eigenvalue weighted by atomic mass is 10.1. The highest BCUT2D eigenvalue weighted by Gasteiger charge is 2.16. The number of ether oxygens (including phenoxy) is 1. The molecule has 0 aromatic heterocycles. The molecule has 20 heavy (non-hydrogen) atoms. The van der Waals surface area contributed by atoms with Crippen molar-refractivity contribution in [1.82, 2.24) is 10.6 Å². The smallest absolute Gasteiger partial charge is 0.221 e. The van der Waals surface area contributed by atoms with Crippen LogP contribution in [0.25, 0.3) is 0 Å². The Kier molecular flexibility index (Phi) is 6.02. The van der Waals surface area contributed by atoms with E-state index in [9.17, 15) is 4.79 Å². The highest BCUT2D eigenvalue weighted by atomic mass is 16.5. The first-order chi connectivity index (χ1) is 9.79. The molecule has 1 unspecified atom stereocenters. The molecule has 4 heteroatoms. The Labute approximate surface area is 120 Å². The molecule has 1 saturated heterocycles. The summed E-state index contributed by atoms with van der Waals surface area (Å²) in [5.74, 6) is 0.155. The van der Waals surface area contributed by atoms with Gasteiger partial charge in [-0.2, -0.15) is 0 Å². The minimum atomic E-state index is 0.155. The summed E-state index contributed by atoms with van der Waals surface area (Å²) in [5.41, 5.74) is 2.48. The van der Waals surface area contributed by atoms with Crippen molar-refractivity contribution in [2.45, 2.75) is 45.4 Å². The van der Waals surface area contributed by atoms with Crippen LogP contribution in [0.5, 0.6) is 0 Å². The lowest BCUT2D eigenvalue weighted by Crippen LogP contribution is -2.32. The normalized spacial score (nSPS) is 19.4. The van der Waals surface area contributed by atoms with Crippen molar-refractivity contribution in [3.8, 4) is 0 Å². The number of amides is 1. The fraction of sp³-hybridized carbons (Fsp3) is 0.562. The Balaban J connectivity index is 1.90.